The molecular formula is C15H14N4O2. The summed E-state index contributed by atoms with van der Waals surface area (Å²) in [6.07, 6.45) is 3.57. The number of nitrogens with zero attached hydrogens (tertiary/aromatic N) is 2. The van der Waals surface area contributed by atoms with E-state index in [1.54, 1.807) is 0 Å². The molecule has 21 heavy (non-hydrogen) atoms. The fourth-order valence-electron chi connectivity index (χ4n) is 2.20. The molecule has 2 aromatic heterocycles. The minimum atomic E-state index is 0.185. The third-order valence-electron chi connectivity index (χ3n) is 3.38. The van der Waals surface area contributed by atoms with Crippen LogP contribution in [0.3, 0.4) is 0 Å². The molecule has 1 fully saturated rings. The lowest BCUT2D eigenvalue weighted by atomic mass is 10.2. The van der Waals surface area contributed by atoms with Gasteiger partial charge in [-0.1, -0.05) is 0 Å². The van der Waals surface area contributed by atoms with Crippen LogP contribution in [-0.2, 0) is 4.74 Å². The summed E-state index contributed by atoms with van der Waals surface area (Å²) in [5.74, 6) is 1.63. The number of H-pyrrole nitrogens is 1. The zero-order valence-corrected chi connectivity index (χ0v) is 11.2. The first-order valence-electron chi connectivity index (χ1n) is 6.78. The molecule has 2 N–H and O–H groups in total. The van der Waals surface area contributed by atoms with Crippen LogP contribution in [0, 0.1) is 0 Å². The smallest absolute Gasteiger partial charge is 0.145 e. The van der Waals surface area contributed by atoms with Crippen LogP contribution in [0.2, 0.25) is 0 Å². The van der Waals surface area contributed by atoms with E-state index in [1.165, 1.54) is 6.33 Å². The largest absolute Gasteiger partial charge is 0.486 e. The van der Waals surface area contributed by atoms with E-state index in [9.17, 15) is 0 Å². The quantitative estimate of drug-likeness (QED) is 0.769. The number of anilines is 2. The predicted molar refractivity (Wildman–Crippen MR) is 78.8 cm³/mol. The van der Waals surface area contributed by atoms with Crippen LogP contribution >= 0.6 is 0 Å². The van der Waals surface area contributed by atoms with Gasteiger partial charge in [-0.15, -0.1) is 0 Å². The minimum Gasteiger partial charge on any atom is -0.486 e. The second-order valence-corrected chi connectivity index (χ2v) is 4.89. The molecule has 0 aliphatic carbocycles. The Morgan fingerprint density at radius 3 is 2.76 bits per heavy atom. The van der Waals surface area contributed by atoms with Crippen molar-refractivity contribution in [2.45, 2.75) is 6.10 Å². The molecule has 0 amide bonds. The molecule has 4 rings (SSSR count). The van der Waals surface area contributed by atoms with Gasteiger partial charge in [-0.25, -0.2) is 9.97 Å². The Bertz CT molecular complexity index is 750. The van der Waals surface area contributed by atoms with E-state index in [2.05, 4.69) is 20.3 Å². The van der Waals surface area contributed by atoms with Gasteiger partial charge < -0.3 is 19.8 Å². The fraction of sp³-hybridized carbons (Fsp3) is 0.200. The number of fused-ring (bicyclic) bond motifs is 1. The van der Waals surface area contributed by atoms with Gasteiger partial charge in [0.05, 0.1) is 18.6 Å². The molecule has 0 atom stereocenters. The summed E-state index contributed by atoms with van der Waals surface area (Å²) in [6, 6.07) is 9.77. The second kappa shape index (κ2) is 5.06. The van der Waals surface area contributed by atoms with Gasteiger partial charge in [-0.05, 0) is 30.3 Å². The Morgan fingerprint density at radius 1 is 1.14 bits per heavy atom. The molecule has 6 heteroatoms. The van der Waals surface area contributed by atoms with Crippen molar-refractivity contribution in [3.05, 3.63) is 42.9 Å². The average molecular weight is 282 g/mol. The summed E-state index contributed by atoms with van der Waals surface area (Å²) in [5.41, 5.74) is 1.77. The van der Waals surface area contributed by atoms with Gasteiger partial charge in [0, 0.05) is 11.9 Å². The van der Waals surface area contributed by atoms with E-state index >= 15 is 0 Å². The number of nitrogens with one attached hydrogen (secondary N) is 2. The number of rotatable bonds is 4. The van der Waals surface area contributed by atoms with Gasteiger partial charge in [-0.3, -0.25) is 0 Å². The summed E-state index contributed by atoms with van der Waals surface area (Å²) < 4.78 is 10.8. The molecule has 0 spiro atoms. The summed E-state index contributed by atoms with van der Waals surface area (Å²) >= 11 is 0. The first-order valence-corrected chi connectivity index (χ1v) is 6.78. The topological polar surface area (TPSA) is 72.1 Å². The average Bonchev–Trinajstić information content (AvgIpc) is 2.94. The van der Waals surface area contributed by atoms with E-state index in [0.717, 1.165) is 28.3 Å². The normalized spacial score (nSPS) is 14.9. The van der Waals surface area contributed by atoms with Crippen LogP contribution in [0.25, 0.3) is 11.0 Å². The molecule has 1 aliphatic heterocycles. The van der Waals surface area contributed by atoms with Crippen molar-refractivity contribution in [1.82, 2.24) is 15.0 Å². The van der Waals surface area contributed by atoms with Crippen molar-refractivity contribution in [3.8, 4) is 5.75 Å². The lowest BCUT2D eigenvalue weighted by molar-refractivity contribution is -0.0796. The van der Waals surface area contributed by atoms with Crippen LogP contribution in [0.5, 0.6) is 5.75 Å². The zero-order valence-electron chi connectivity index (χ0n) is 11.2. The second-order valence-electron chi connectivity index (χ2n) is 4.89. The van der Waals surface area contributed by atoms with Crippen LogP contribution < -0.4 is 10.1 Å². The molecule has 106 valence electrons. The molecule has 1 saturated heterocycles. The van der Waals surface area contributed by atoms with E-state index in [1.807, 2.05) is 36.5 Å². The lowest BCUT2D eigenvalue weighted by Gasteiger charge is -2.26. The van der Waals surface area contributed by atoms with Crippen molar-refractivity contribution in [2.75, 3.05) is 18.5 Å². The van der Waals surface area contributed by atoms with Crippen LogP contribution in [0.1, 0.15) is 0 Å². The highest BCUT2D eigenvalue weighted by Gasteiger charge is 2.19. The van der Waals surface area contributed by atoms with E-state index in [-0.39, 0.29) is 6.10 Å². The Kier molecular flexibility index (Phi) is 2.93. The monoisotopic (exact) mass is 282 g/mol. The number of ether oxygens (including phenoxy) is 2. The first kappa shape index (κ1) is 12.2. The third-order valence-corrected chi connectivity index (χ3v) is 3.38. The number of hydrogen-bond acceptors (Lipinski definition) is 5. The summed E-state index contributed by atoms with van der Waals surface area (Å²) in [5, 5.41) is 4.25. The van der Waals surface area contributed by atoms with E-state index in [0.29, 0.717) is 13.2 Å². The molecule has 3 aromatic rings. The van der Waals surface area contributed by atoms with Crippen molar-refractivity contribution in [1.29, 1.82) is 0 Å². The SMILES string of the molecule is c1nc(Nc2ccc(OC3COC3)cc2)c2cc[nH]c2n1. The first-order chi connectivity index (χ1) is 10.4. The maximum atomic E-state index is 5.73. The molecule has 3 heterocycles. The molecule has 0 radical (unpaired) electrons. The molecule has 0 unspecified atom stereocenters. The van der Waals surface area contributed by atoms with Crippen molar-refractivity contribution in [3.63, 3.8) is 0 Å². The Morgan fingerprint density at radius 2 is 2.00 bits per heavy atom. The highest BCUT2D eigenvalue weighted by atomic mass is 16.6. The molecule has 0 saturated carbocycles. The summed E-state index contributed by atoms with van der Waals surface area (Å²) in [6.45, 7) is 1.35. The summed E-state index contributed by atoms with van der Waals surface area (Å²) in [7, 11) is 0. The molecule has 1 aromatic carbocycles. The van der Waals surface area contributed by atoms with Crippen LogP contribution in [-0.4, -0.2) is 34.3 Å². The van der Waals surface area contributed by atoms with E-state index in [4.69, 9.17) is 9.47 Å². The van der Waals surface area contributed by atoms with Crippen LogP contribution in [0.15, 0.2) is 42.9 Å². The predicted octanol–water partition coefficient (Wildman–Crippen LogP) is 2.48. The van der Waals surface area contributed by atoms with Crippen molar-refractivity contribution >= 4 is 22.5 Å². The maximum Gasteiger partial charge on any atom is 0.145 e. The molecule has 0 bridgehead atoms. The maximum absolute atomic E-state index is 5.73. The molecular weight excluding hydrogens is 268 g/mol. The zero-order chi connectivity index (χ0) is 14.1. The molecule has 1 aliphatic rings. The van der Waals surface area contributed by atoms with Gasteiger partial charge in [0.2, 0.25) is 0 Å². The lowest BCUT2D eigenvalue weighted by Crippen LogP contribution is -2.38. The van der Waals surface area contributed by atoms with Crippen LogP contribution in [0.4, 0.5) is 11.5 Å². The van der Waals surface area contributed by atoms with Gasteiger partial charge in [-0.2, -0.15) is 0 Å². The number of hydrogen-bond donors (Lipinski definition) is 2. The summed E-state index contributed by atoms with van der Waals surface area (Å²) in [4.78, 5) is 11.5. The highest BCUT2D eigenvalue weighted by Crippen LogP contribution is 2.24. The van der Waals surface area contributed by atoms with Gasteiger partial charge in [0.15, 0.2) is 0 Å². The molecule has 6 nitrogen and oxygen atoms in total. The minimum absolute atomic E-state index is 0.185. The number of aromatic amines is 1. The Hall–Kier alpha value is -2.60. The Balaban J connectivity index is 1.52. The van der Waals surface area contributed by atoms with Gasteiger partial charge >= 0.3 is 0 Å². The van der Waals surface area contributed by atoms with E-state index < -0.39 is 0 Å². The third kappa shape index (κ3) is 2.41. The Labute approximate surface area is 121 Å². The van der Waals surface area contributed by atoms with Crippen molar-refractivity contribution < 1.29 is 9.47 Å². The van der Waals surface area contributed by atoms with Gasteiger partial charge in [0.25, 0.3) is 0 Å². The van der Waals surface area contributed by atoms with Crippen molar-refractivity contribution in [2.24, 2.45) is 0 Å². The highest BCUT2D eigenvalue weighted by molar-refractivity contribution is 5.88. The number of aromatic nitrogens is 3. The van der Waals surface area contributed by atoms with Gasteiger partial charge in [0.1, 0.15) is 29.6 Å². The number of benzene rings is 1. The fourth-order valence-corrected chi connectivity index (χ4v) is 2.20. The standard InChI is InChI=1S/C15H14N4O2/c1-3-11(21-12-7-20-8-12)4-2-10(1)19-15-13-5-6-16-14(13)17-9-18-15/h1-6,9,12H,7-8H2,(H2,16,17,18,19).